The van der Waals surface area contributed by atoms with Crippen LogP contribution in [0.4, 0.5) is 0 Å². The molecule has 5 nitrogen and oxygen atoms in total. The quantitative estimate of drug-likeness (QED) is 0.884. The van der Waals surface area contributed by atoms with Gasteiger partial charge in [-0.15, -0.1) is 0 Å². The molecular formula is C21H25NO4. The monoisotopic (exact) mass is 355 g/mol. The van der Waals surface area contributed by atoms with Crippen molar-refractivity contribution in [2.24, 2.45) is 0 Å². The molecule has 138 valence electrons. The number of benzene rings is 2. The largest absolute Gasteiger partial charge is 0.497 e. The van der Waals surface area contributed by atoms with Gasteiger partial charge in [0, 0.05) is 12.0 Å². The van der Waals surface area contributed by atoms with Gasteiger partial charge in [-0.05, 0) is 51.1 Å². The van der Waals surface area contributed by atoms with Crippen LogP contribution in [0.3, 0.4) is 0 Å². The van der Waals surface area contributed by atoms with Gasteiger partial charge in [-0.3, -0.25) is 4.79 Å². The van der Waals surface area contributed by atoms with Crippen LogP contribution in [0.15, 0.2) is 48.5 Å². The van der Waals surface area contributed by atoms with Crippen molar-refractivity contribution in [3.05, 3.63) is 54.1 Å². The molecule has 3 rings (SSSR count). The van der Waals surface area contributed by atoms with Gasteiger partial charge in [0.1, 0.15) is 22.8 Å². The fourth-order valence-corrected chi connectivity index (χ4v) is 3.13. The average molecular weight is 355 g/mol. The summed E-state index contributed by atoms with van der Waals surface area (Å²) in [5, 5.41) is 3.10. The second-order valence-corrected chi connectivity index (χ2v) is 7.10. The molecule has 1 heterocycles. The zero-order chi connectivity index (χ0) is 18.7. The highest BCUT2D eigenvalue weighted by Gasteiger charge is 2.35. The van der Waals surface area contributed by atoms with Crippen molar-refractivity contribution in [3.63, 3.8) is 0 Å². The van der Waals surface area contributed by atoms with Gasteiger partial charge in [0.15, 0.2) is 6.10 Å². The highest BCUT2D eigenvalue weighted by molar-refractivity contribution is 5.81. The van der Waals surface area contributed by atoms with Crippen molar-refractivity contribution >= 4 is 5.91 Å². The van der Waals surface area contributed by atoms with Crippen LogP contribution in [-0.2, 0) is 4.79 Å². The third-order valence-electron chi connectivity index (χ3n) is 4.43. The Morgan fingerprint density at radius 1 is 1.15 bits per heavy atom. The van der Waals surface area contributed by atoms with Crippen LogP contribution < -0.4 is 19.5 Å². The lowest BCUT2D eigenvalue weighted by atomic mass is 9.89. The second-order valence-electron chi connectivity index (χ2n) is 7.10. The first-order valence-corrected chi connectivity index (χ1v) is 8.77. The van der Waals surface area contributed by atoms with E-state index in [1.165, 1.54) is 0 Å². The van der Waals surface area contributed by atoms with Crippen molar-refractivity contribution in [2.75, 3.05) is 7.11 Å². The molecule has 0 saturated carbocycles. The summed E-state index contributed by atoms with van der Waals surface area (Å²) in [6, 6.07) is 14.9. The Labute approximate surface area is 154 Å². The van der Waals surface area contributed by atoms with Crippen LogP contribution in [0.5, 0.6) is 17.2 Å². The van der Waals surface area contributed by atoms with E-state index in [1.807, 2.05) is 38.1 Å². The first-order valence-electron chi connectivity index (χ1n) is 8.77. The molecule has 0 bridgehead atoms. The molecule has 2 aromatic carbocycles. The summed E-state index contributed by atoms with van der Waals surface area (Å²) < 4.78 is 16.9. The van der Waals surface area contributed by atoms with Gasteiger partial charge in [-0.2, -0.15) is 0 Å². The van der Waals surface area contributed by atoms with Gasteiger partial charge in [0.05, 0.1) is 13.2 Å². The van der Waals surface area contributed by atoms with Gasteiger partial charge >= 0.3 is 0 Å². The summed E-state index contributed by atoms with van der Waals surface area (Å²) >= 11 is 0. The van der Waals surface area contributed by atoms with Gasteiger partial charge < -0.3 is 19.5 Å². The summed E-state index contributed by atoms with van der Waals surface area (Å²) in [6.07, 6.45) is 0.0897. The third kappa shape index (κ3) is 4.10. The van der Waals surface area contributed by atoms with E-state index in [0.29, 0.717) is 12.2 Å². The summed E-state index contributed by atoms with van der Waals surface area (Å²) in [4.78, 5) is 12.7. The molecule has 1 aliphatic rings. The number of carbonyl (C=O) groups is 1. The molecule has 2 atom stereocenters. The number of rotatable bonds is 5. The van der Waals surface area contributed by atoms with Gasteiger partial charge in [0.2, 0.25) is 0 Å². The lowest BCUT2D eigenvalue weighted by Gasteiger charge is -2.38. The Bertz CT molecular complexity index is 770. The maximum atomic E-state index is 12.7. The minimum Gasteiger partial charge on any atom is -0.497 e. The first kappa shape index (κ1) is 18.1. The van der Waals surface area contributed by atoms with Gasteiger partial charge in [-0.25, -0.2) is 0 Å². The highest BCUT2D eigenvalue weighted by atomic mass is 16.5. The SMILES string of the molecule is COc1ccc(O[C@@H](C)C(=O)N[C@H]2CC(C)(C)Oc3ccccc32)cc1. The van der Waals surface area contributed by atoms with E-state index in [4.69, 9.17) is 14.2 Å². The fraction of sp³-hybridized carbons (Fsp3) is 0.381. The normalized spacial score (nSPS) is 18.8. The van der Waals surface area contributed by atoms with Gasteiger partial charge in [0.25, 0.3) is 5.91 Å². The molecule has 2 aromatic rings. The molecule has 0 radical (unpaired) electrons. The Balaban J connectivity index is 1.68. The minimum absolute atomic E-state index is 0.107. The number of fused-ring (bicyclic) bond motifs is 1. The number of methoxy groups -OCH3 is 1. The van der Waals surface area contributed by atoms with E-state index in [2.05, 4.69) is 5.32 Å². The number of hydrogen-bond donors (Lipinski definition) is 1. The molecule has 0 unspecified atom stereocenters. The molecule has 1 aliphatic heterocycles. The standard InChI is InChI=1S/C21H25NO4/c1-14(25-16-11-9-15(24-4)10-12-16)20(23)22-18-13-21(2,3)26-19-8-6-5-7-17(18)19/h5-12,14,18H,13H2,1-4H3,(H,22,23)/t14-,18-/m0/s1. The van der Waals surface area contributed by atoms with E-state index in [1.54, 1.807) is 38.3 Å². The topological polar surface area (TPSA) is 56.8 Å². The highest BCUT2D eigenvalue weighted by Crippen LogP contribution is 2.39. The summed E-state index contributed by atoms with van der Waals surface area (Å²) in [6.45, 7) is 5.80. The van der Waals surface area contributed by atoms with Gasteiger partial charge in [-0.1, -0.05) is 18.2 Å². The van der Waals surface area contributed by atoms with Crippen molar-refractivity contribution in [3.8, 4) is 17.2 Å². The predicted molar refractivity (Wildman–Crippen MR) is 99.7 cm³/mol. The van der Waals surface area contributed by atoms with Crippen molar-refractivity contribution < 1.29 is 19.0 Å². The average Bonchev–Trinajstić information content (AvgIpc) is 2.61. The molecule has 5 heteroatoms. The molecule has 0 aliphatic carbocycles. The zero-order valence-corrected chi connectivity index (χ0v) is 15.6. The maximum Gasteiger partial charge on any atom is 0.261 e. The molecule has 0 fully saturated rings. The Morgan fingerprint density at radius 2 is 1.81 bits per heavy atom. The molecule has 26 heavy (non-hydrogen) atoms. The Hall–Kier alpha value is -2.69. The smallest absolute Gasteiger partial charge is 0.261 e. The summed E-state index contributed by atoms with van der Waals surface area (Å²) in [5.74, 6) is 2.03. The van der Waals surface area contributed by atoms with Crippen LogP contribution in [0, 0.1) is 0 Å². The predicted octanol–water partition coefficient (Wildman–Crippen LogP) is 3.88. The Kier molecular flexibility index (Phi) is 5.07. The first-order chi connectivity index (χ1) is 12.4. The lowest BCUT2D eigenvalue weighted by Crippen LogP contribution is -2.44. The van der Waals surface area contributed by atoms with Crippen molar-refractivity contribution in [1.29, 1.82) is 0 Å². The van der Waals surface area contributed by atoms with Crippen molar-refractivity contribution in [2.45, 2.75) is 44.9 Å². The van der Waals surface area contributed by atoms with Crippen molar-refractivity contribution in [1.82, 2.24) is 5.32 Å². The molecule has 0 spiro atoms. The number of carbonyl (C=O) groups excluding carboxylic acids is 1. The maximum absolute atomic E-state index is 12.7. The number of hydrogen-bond acceptors (Lipinski definition) is 4. The number of nitrogens with one attached hydrogen (secondary N) is 1. The molecule has 1 amide bonds. The number of para-hydroxylation sites is 1. The second kappa shape index (κ2) is 7.28. The summed E-state index contributed by atoms with van der Waals surface area (Å²) in [5.41, 5.74) is 0.656. The summed E-state index contributed by atoms with van der Waals surface area (Å²) in [7, 11) is 1.61. The number of amides is 1. The minimum atomic E-state index is -0.610. The number of ether oxygens (including phenoxy) is 3. The molecule has 1 N–H and O–H groups in total. The Morgan fingerprint density at radius 3 is 2.50 bits per heavy atom. The fourth-order valence-electron chi connectivity index (χ4n) is 3.13. The van der Waals surface area contributed by atoms with E-state index in [9.17, 15) is 4.79 Å². The third-order valence-corrected chi connectivity index (χ3v) is 4.43. The zero-order valence-electron chi connectivity index (χ0n) is 15.6. The van der Waals surface area contributed by atoms with Crippen LogP contribution in [0.1, 0.15) is 38.8 Å². The lowest BCUT2D eigenvalue weighted by molar-refractivity contribution is -0.128. The van der Waals surface area contributed by atoms with Crippen LogP contribution in [0.2, 0.25) is 0 Å². The van der Waals surface area contributed by atoms with Crippen LogP contribution in [0.25, 0.3) is 0 Å². The van der Waals surface area contributed by atoms with E-state index < -0.39 is 6.10 Å². The molecule has 0 aromatic heterocycles. The molecular weight excluding hydrogens is 330 g/mol. The van der Waals surface area contributed by atoms with E-state index >= 15 is 0 Å². The molecule has 0 saturated heterocycles. The van der Waals surface area contributed by atoms with Crippen LogP contribution >= 0.6 is 0 Å². The van der Waals surface area contributed by atoms with E-state index in [0.717, 1.165) is 17.1 Å². The van der Waals surface area contributed by atoms with E-state index in [-0.39, 0.29) is 17.6 Å². The van der Waals surface area contributed by atoms with Crippen LogP contribution in [-0.4, -0.2) is 24.7 Å².